The van der Waals surface area contributed by atoms with Crippen molar-refractivity contribution in [2.45, 2.75) is 5.75 Å². The molecule has 1 heterocycles. The number of aliphatic imine (C=N–C) groups is 1. The molecule has 0 spiro atoms. The van der Waals surface area contributed by atoms with E-state index >= 15 is 0 Å². The molecule has 0 radical (unpaired) electrons. The first-order valence-electron chi connectivity index (χ1n) is 7.76. The molecule has 0 fully saturated rings. The minimum absolute atomic E-state index is 0.0455. The third kappa shape index (κ3) is 3.18. The maximum absolute atomic E-state index is 13.0. The summed E-state index contributed by atoms with van der Waals surface area (Å²) < 4.78 is 1.14. The lowest BCUT2D eigenvalue weighted by molar-refractivity contribution is -0.468. The number of nitrogens with two attached hydrogens (primary N) is 1. The first kappa shape index (κ1) is 17.7. The number of carbonyl (C=O) groups is 1. The SMILES string of the molecule is CN=C(N)SCc1c(C(=O)c2ccccc2)[n+](=O)c2ccccc2n1[O-]. The number of rotatable bonds is 4. The first-order valence-corrected chi connectivity index (χ1v) is 8.74. The van der Waals surface area contributed by atoms with E-state index in [1.165, 1.54) is 13.1 Å². The maximum Gasteiger partial charge on any atom is 0.330 e. The Hall–Kier alpha value is -3.13. The Morgan fingerprint density at radius 2 is 1.85 bits per heavy atom. The fourth-order valence-electron chi connectivity index (χ4n) is 2.57. The standard InChI is InChI=1S/C18H16N4O3S/c1-20-18(19)26-11-15-16(17(23)12-7-3-2-4-8-12)22(25)14-10-6-5-9-13(14)21(15)24/h2-10H,11H2,1H3,(H2,19,20). The normalized spacial score (nSPS) is 11.7. The van der Waals surface area contributed by atoms with Gasteiger partial charge in [-0.15, -0.1) is 0 Å². The van der Waals surface area contributed by atoms with Crippen LogP contribution in [0.15, 0.2) is 59.6 Å². The van der Waals surface area contributed by atoms with Gasteiger partial charge in [0, 0.05) is 29.3 Å². The molecule has 0 saturated heterocycles. The Bertz CT molecular complexity index is 1060. The summed E-state index contributed by atoms with van der Waals surface area (Å²) in [6, 6.07) is 14.7. The zero-order valence-electron chi connectivity index (χ0n) is 14.0. The number of carbonyl (C=O) groups excluding carboxylic acids is 1. The van der Waals surface area contributed by atoms with E-state index in [-0.39, 0.29) is 33.3 Å². The van der Waals surface area contributed by atoms with Crippen LogP contribution in [0.2, 0.25) is 0 Å². The average molecular weight is 368 g/mol. The number of nitrogens with zero attached hydrogens (tertiary/aromatic N) is 3. The molecule has 1 aromatic heterocycles. The number of fused-ring (bicyclic) bond motifs is 1. The van der Waals surface area contributed by atoms with Crippen molar-refractivity contribution in [1.82, 2.24) is 4.73 Å². The van der Waals surface area contributed by atoms with E-state index in [0.717, 1.165) is 11.8 Å². The molecule has 0 aliphatic heterocycles. The molecule has 0 bridgehead atoms. The highest BCUT2D eigenvalue weighted by molar-refractivity contribution is 8.13. The van der Waals surface area contributed by atoms with Crippen LogP contribution < -0.4 is 10.2 Å². The van der Waals surface area contributed by atoms with Gasteiger partial charge >= 0.3 is 5.69 Å². The number of hydrogen-bond donors (Lipinski definition) is 1. The molecule has 2 aromatic carbocycles. The lowest BCUT2D eigenvalue weighted by Crippen LogP contribution is -2.31. The highest BCUT2D eigenvalue weighted by Gasteiger charge is 2.29. The molecule has 3 aromatic rings. The highest BCUT2D eigenvalue weighted by Crippen LogP contribution is 2.21. The second-order valence-corrected chi connectivity index (χ2v) is 6.41. The van der Waals surface area contributed by atoms with E-state index < -0.39 is 5.78 Å². The Morgan fingerprint density at radius 3 is 2.54 bits per heavy atom. The summed E-state index contributed by atoms with van der Waals surface area (Å²) in [7, 11) is 1.53. The number of hydrogen-bond acceptors (Lipinski definition) is 5. The molecule has 2 N–H and O–H groups in total. The largest absolute Gasteiger partial charge is 0.805 e. The summed E-state index contributed by atoms with van der Waals surface area (Å²) in [6.07, 6.45) is 0. The van der Waals surface area contributed by atoms with Crippen molar-refractivity contribution in [3.63, 3.8) is 0 Å². The third-order valence-electron chi connectivity index (χ3n) is 3.87. The van der Waals surface area contributed by atoms with E-state index in [0.29, 0.717) is 14.7 Å². The van der Waals surface area contributed by atoms with Gasteiger partial charge in [0.2, 0.25) is 0 Å². The van der Waals surface area contributed by atoms with Gasteiger partial charge in [-0.05, 0) is 6.07 Å². The second kappa shape index (κ2) is 7.40. The van der Waals surface area contributed by atoms with Crippen molar-refractivity contribution in [3.05, 3.63) is 81.7 Å². The minimum Gasteiger partial charge on any atom is -0.805 e. The quantitative estimate of drug-likeness (QED) is 0.329. The monoisotopic (exact) mass is 368 g/mol. The van der Waals surface area contributed by atoms with Gasteiger partial charge in [-0.2, -0.15) is 0 Å². The molecule has 7 nitrogen and oxygen atoms in total. The zero-order chi connectivity index (χ0) is 18.7. The van der Waals surface area contributed by atoms with Gasteiger partial charge in [0.15, 0.2) is 5.17 Å². The van der Waals surface area contributed by atoms with Gasteiger partial charge in [-0.3, -0.25) is 9.79 Å². The fourth-order valence-corrected chi connectivity index (χ4v) is 3.24. The Morgan fingerprint density at radius 1 is 1.19 bits per heavy atom. The Labute approximate surface area is 153 Å². The van der Waals surface area contributed by atoms with Crippen LogP contribution in [0.5, 0.6) is 0 Å². The van der Waals surface area contributed by atoms with Crippen LogP contribution in [0.4, 0.5) is 0 Å². The van der Waals surface area contributed by atoms with Crippen molar-refractivity contribution >= 4 is 33.7 Å². The number of para-hydroxylation sites is 2. The van der Waals surface area contributed by atoms with Crippen LogP contribution in [0.25, 0.3) is 11.0 Å². The maximum atomic E-state index is 13.0. The van der Waals surface area contributed by atoms with Gasteiger partial charge in [0.05, 0.1) is 4.43 Å². The van der Waals surface area contributed by atoms with Gasteiger partial charge in [0.25, 0.3) is 11.3 Å². The van der Waals surface area contributed by atoms with Crippen LogP contribution >= 0.6 is 11.8 Å². The van der Waals surface area contributed by atoms with Crippen LogP contribution in [0, 0.1) is 10.1 Å². The molecule has 0 aliphatic rings. The summed E-state index contributed by atoms with van der Waals surface area (Å²) in [6.45, 7) is 0. The molecule has 8 heteroatoms. The van der Waals surface area contributed by atoms with E-state index in [1.54, 1.807) is 48.5 Å². The predicted molar refractivity (Wildman–Crippen MR) is 103 cm³/mol. The molecule has 26 heavy (non-hydrogen) atoms. The predicted octanol–water partition coefficient (Wildman–Crippen LogP) is 2.31. The van der Waals surface area contributed by atoms with E-state index in [9.17, 15) is 14.9 Å². The Balaban J connectivity index is 2.26. The molecular formula is C18H16N4O3S. The number of thioether (sulfide) groups is 1. The molecular weight excluding hydrogens is 352 g/mol. The molecule has 0 aliphatic carbocycles. The molecule has 3 rings (SSSR count). The van der Waals surface area contributed by atoms with E-state index in [1.807, 2.05) is 0 Å². The topological polar surface area (TPSA) is 106 Å². The van der Waals surface area contributed by atoms with Gasteiger partial charge in [-0.25, -0.2) is 0 Å². The number of benzene rings is 2. The summed E-state index contributed by atoms with van der Waals surface area (Å²) >= 11 is 1.09. The number of ketones is 1. The third-order valence-corrected chi connectivity index (χ3v) is 4.77. The van der Waals surface area contributed by atoms with Crippen LogP contribution in [0.3, 0.4) is 0 Å². The van der Waals surface area contributed by atoms with Crippen molar-refractivity contribution in [2.75, 3.05) is 7.05 Å². The molecule has 0 saturated carbocycles. The van der Waals surface area contributed by atoms with Gasteiger partial charge < -0.3 is 15.7 Å². The number of amidine groups is 1. The summed E-state index contributed by atoms with van der Waals surface area (Å²) in [5.41, 5.74) is 6.18. The lowest BCUT2D eigenvalue weighted by atomic mass is 10.1. The summed E-state index contributed by atoms with van der Waals surface area (Å²) in [5, 5.41) is 13.1. The lowest BCUT2D eigenvalue weighted by Gasteiger charge is -2.18. The molecule has 0 atom stereocenters. The van der Waals surface area contributed by atoms with Gasteiger partial charge in [0.1, 0.15) is 11.2 Å². The van der Waals surface area contributed by atoms with E-state index in [4.69, 9.17) is 5.73 Å². The van der Waals surface area contributed by atoms with Crippen molar-refractivity contribution in [2.24, 2.45) is 10.7 Å². The fraction of sp³-hybridized carbons (Fsp3) is 0.111. The Kier molecular flexibility index (Phi) is 5.04. The first-order chi connectivity index (χ1) is 12.5. The molecule has 0 amide bonds. The minimum atomic E-state index is -0.515. The van der Waals surface area contributed by atoms with Crippen LogP contribution in [-0.4, -0.2) is 22.7 Å². The van der Waals surface area contributed by atoms with Gasteiger partial charge in [-0.1, -0.05) is 54.2 Å². The summed E-state index contributed by atoms with van der Waals surface area (Å²) in [5.74, 6) is -0.466. The second-order valence-electron chi connectivity index (χ2n) is 5.42. The van der Waals surface area contributed by atoms with E-state index in [2.05, 4.69) is 4.99 Å². The van der Waals surface area contributed by atoms with Crippen LogP contribution in [0.1, 0.15) is 21.7 Å². The van der Waals surface area contributed by atoms with Crippen molar-refractivity contribution in [3.8, 4) is 0 Å². The van der Waals surface area contributed by atoms with Crippen molar-refractivity contribution in [1.29, 1.82) is 0 Å². The molecule has 132 valence electrons. The summed E-state index contributed by atoms with van der Waals surface area (Å²) in [4.78, 5) is 29.7. The zero-order valence-corrected chi connectivity index (χ0v) is 14.8. The van der Waals surface area contributed by atoms with Crippen molar-refractivity contribution < 1.29 is 9.22 Å². The smallest absolute Gasteiger partial charge is 0.330 e. The average Bonchev–Trinajstić information content (AvgIpc) is 2.69. The number of aromatic nitrogens is 2. The van der Waals surface area contributed by atoms with Crippen LogP contribution in [-0.2, 0) is 5.75 Å². The highest BCUT2D eigenvalue weighted by atomic mass is 32.2. The molecule has 0 unspecified atom stereocenters.